The Balaban J connectivity index is 0.000000322. The number of rotatable bonds is 24. The summed E-state index contributed by atoms with van der Waals surface area (Å²) in [6.07, 6.45) is 7.71. The van der Waals surface area contributed by atoms with Crippen molar-refractivity contribution in [2.24, 2.45) is 41.4 Å². The fourth-order valence-electron chi connectivity index (χ4n) is 14.5. The minimum absolute atomic E-state index is 0. The molecule has 0 N–H and O–H groups in total. The van der Waals surface area contributed by atoms with Crippen LogP contribution in [0.4, 0.5) is 17.1 Å². The molecule has 0 spiro atoms. The zero-order valence-electron chi connectivity index (χ0n) is 80.4. The van der Waals surface area contributed by atoms with Crippen LogP contribution < -0.4 is 497 Å². The maximum absolute atomic E-state index is 6.09. The van der Waals surface area contributed by atoms with Gasteiger partial charge in [0.15, 0.2) is 0 Å². The Hall–Kier alpha value is 12.7. The maximum Gasteiger partial charge on any atom is 1.00 e. The number of hydrogen-bond acceptors (Lipinski definition) is 20. The van der Waals surface area contributed by atoms with Gasteiger partial charge in [-0.25, -0.2) is 46.2 Å². The SMILES string of the molecule is C[C@H](SC1C[C@@H](C)[CH-]O1)c1ccc(Cl)c(Cl)c1.C[C@H]1[CH-]OC(SCc2cc(Cl)ccc2Cl)C1.C[C@H]1[CH-]OC(SCc2cc(Cl)ccc2Cl)C1.C[C@H]1[CH-]OC(SCc2ccc(N3CCOCC3)cc2)C1.C[C@H]1[CH-]OC(SCc2ccc(N3CCOCC3)cc2)C1.C[C@H]1[CH-]OC(SCc2cccc(N3CCOCC3)c2)C1.C[C@H]1[CH-]OC(S[C@H](C)c2ccc(Cl)c(Cl)c2)C1.[Cs+].[Cs+].[Cs+].[Cs+].[Cs+].[Cs+].[Cs+]. The normalized spacial score (nSPS) is 24.8. The number of anilines is 3. The smallest absolute Gasteiger partial charge is 0.542 e. The van der Waals surface area contributed by atoms with Crippen molar-refractivity contribution in [1.29, 1.82) is 0 Å². The molecule has 0 bridgehead atoms. The minimum Gasteiger partial charge on any atom is -0.542 e. The van der Waals surface area contributed by atoms with Crippen LogP contribution >= 0.6 is 175 Å². The summed E-state index contributed by atoms with van der Waals surface area (Å²) >= 11 is 60.8. The van der Waals surface area contributed by atoms with Crippen LogP contribution in [0, 0.1) is 87.7 Å². The summed E-state index contributed by atoms with van der Waals surface area (Å²) in [5, 5.41) is 6.14. The molecule has 0 saturated carbocycles. The van der Waals surface area contributed by atoms with Crippen molar-refractivity contribution in [3.63, 3.8) is 0 Å². The van der Waals surface area contributed by atoms with Crippen LogP contribution in [0.2, 0.25) is 40.2 Å². The van der Waals surface area contributed by atoms with E-state index in [1.807, 2.05) is 166 Å². The van der Waals surface area contributed by atoms with E-state index in [4.69, 9.17) is 140 Å². The van der Waals surface area contributed by atoms with E-state index in [0.29, 0.717) is 88.3 Å². The van der Waals surface area contributed by atoms with E-state index in [1.165, 1.54) is 44.9 Å². The summed E-state index contributed by atoms with van der Waals surface area (Å²) < 4.78 is 55.3. The third-order valence-electron chi connectivity index (χ3n) is 21.8. The molecule has 10 aliphatic heterocycles. The van der Waals surface area contributed by atoms with Crippen LogP contribution in [0.15, 0.2) is 146 Å². The molecule has 10 aliphatic rings. The van der Waals surface area contributed by atoms with Gasteiger partial charge >= 0.3 is 482 Å². The molecule has 0 radical (unpaired) electrons. The first-order valence-electron chi connectivity index (χ1n) is 43.7. The molecule has 133 heavy (non-hydrogen) atoms. The molecule has 0 amide bonds. The Bertz CT molecular complexity index is 4140. The monoisotopic (exact) mass is 2930 g/mol. The van der Waals surface area contributed by atoms with Gasteiger partial charge in [0.25, 0.3) is 0 Å². The van der Waals surface area contributed by atoms with Crippen molar-refractivity contribution in [2.75, 3.05) is 93.6 Å². The zero-order valence-corrected chi connectivity index (χ0v) is 136. The third kappa shape index (κ3) is 53.5. The molecular weight excluding hydrogens is 2820 g/mol. The molecule has 10 heterocycles. The Kier molecular flexibility index (Phi) is 80.9. The predicted molar refractivity (Wildman–Crippen MR) is 543 cm³/mol. The first kappa shape index (κ1) is 138. The quantitative estimate of drug-likeness (QED) is 0.0537. The van der Waals surface area contributed by atoms with Gasteiger partial charge in [-0.15, -0.1) is 124 Å². The number of ether oxygens (including phenoxy) is 10. The van der Waals surface area contributed by atoms with E-state index >= 15 is 0 Å². The molecule has 7 aromatic carbocycles. The fourth-order valence-corrected chi connectivity index (χ4v) is 24.4. The first-order chi connectivity index (χ1) is 60.8. The molecule has 10 saturated heterocycles. The molecule has 35 heteroatoms. The van der Waals surface area contributed by atoms with Crippen LogP contribution in [-0.4, -0.2) is 117 Å². The van der Waals surface area contributed by atoms with Crippen molar-refractivity contribution in [3.05, 3.63) is 271 Å². The Labute approximate surface area is 1280 Å². The van der Waals surface area contributed by atoms with Gasteiger partial charge in [-0.2, -0.15) is 0 Å². The second kappa shape index (κ2) is 78.0. The predicted octanol–water partition coefficient (Wildman–Crippen LogP) is 9.14. The standard InChI is InChI=1S/3C16H22NO2S.2C13H15Cl2OS.2C12H13Cl2OS.7Cs/c2*1-13-10-16(19-11-13)20-12-14-2-4-15(5-3-14)17-6-8-18-9-7-17;1-13-9-16(19-11-13)20-12-14-3-2-4-15(10-14)17-5-7-18-8-6-17;2*1-8-5-13(16-7-8)17-9(2)10-3-4-11(14)12(15)6-10;2*1-8-4-12(15-6-8)16-7-9-5-10(13)2-3-11(9)14;;;;;;;/h2*2-5,11,13,16H,6-10,12H2,1H3;2-4,10-11,13,16H,5-9,12H2,1H3;2*3-4,6-9,13H,5H2,1-2H3;2*2-3,5-6,8,12H,4,7H2,1H3;;;;;;;/q7*-1;7*+1/t3*13-,16?;8-,9+,13?;8-,9-,13?;2*8-,12?;;;;;;;/m1111111......./s1. The summed E-state index contributed by atoms with van der Waals surface area (Å²) in [5.41, 5.74) is 14.6. The molecule has 694 valence electrons. The van der Waals surface area contributed by atoms with E-state index in [9.17, 15) is 0 Å². The summed E-state index contributed by atoms with van der Waals surface area (Å²) in [7, 11) is 0. The molecule has 13 nitrogen and oxygen atoms in total. The average Bonchev–Trinajstić information content (AvgIpc) is 1.79. The van der Waals surface area contributed by atoms with Crippen molar-refractivity contribution in [1.82, 2.24) is 0 Å². The Morgan fingerprint density at radius 2 is 0.556 bits per heavy atom. The minimum atomic E-state index is 0. The van der Waals surface area contributed by atoms with Crippen LogP contribution in [0.25, 0.3) is 0 Å². The van der Waals surface area contributed by atoms with Gasteiger partial charge in [0.05, 0.1) is 97.8 Å². The van der Waals surface area contributed by atoms with Gasteiger partial charge in [-0.05, 0) is 195 Å². The molecule has 17 rings (SSSR count). The van der Waals surface area contributed by atoms with Crippen LogP contribution in [-0.2, 0) is 76.1 Å². The second-order valence-electron chi connectivity index (χ2n) is 33.1. The molecule has 0 aliphatic carbocycles. The summed E-state index contributed by atoms with van der Waals surface area (Å²) in [6.45, 7) is 44.2. The zero-order chi connectivity index (χ0) is 89.3. The Morgan fingerprint density at radius 3 is 0.842 bits per heavy atom. The molecular formula is C98H122Cl8Cs7N3O10S7. The molecule has 7 unspecified atom stereocenters. The van der Waals surface area contributed by atoms with Gasteiger partial charge in [0, 0.05) is 116 Å². The van der Waals surface area contributed by atoms with Crippen molar-refractivity contribution >= 4 is 192 Å². The molecule has 10 fully saturated rings. The average molecular weight is 2940 g/mol. The molecule has 0 aromatic heterocycles. The number of thioether (sulfide) groups is 7. The first-order valence-corrected chi connectivity index (χ1v) is 53.8. The summed E-state index contributed by atoms with van der Waals surface area (Å²) in [6, 6.07) is 49.4. The van der Waals surface area contributed by atoms with Crippen LogP contribution in [0.1, 0.15) is 157 Å². The van der Waals surface area contributed by atoms with Crippen molar-refractivity contribution in [2.45, 2.75) is 185 Å². The largest absolute Gasteiger partial charge is 1.00 e. The van der Waals surface area contributed by atoms with Gasteiger partial charge in [-0.3, -0.25) is 0 Å². The van der Waals surface area contributed by atoms with Gasteiger partial charge in [-0.1, -0.05) is 190 Å². The van der Waals surface area contributed by atoms with E-state index in [2.05, 4.69) is 150 Å². The van der Waals surface area contributed by atoms with E-state index < -0.39 is 0 Å². The number of halogens is 8. The Morgan fingerprint density at radius 1 is 0.286 bits per heavy atom. The van der Waals surface area contributed by atoms with Crippen molar-refractivity contribution < 1.29 is 530 Å². The van der Waals surface area contributed by atoms with Gasteiger partial charge in [0.1, 0.15) is 0 Å². The van der Waals surface area contributed by atoms with Crippen molar-refractivity contribution in [3.8, 4) is 0 Å². The number of nitrogens with zero attached hydrogens (tertiary/aromatic N) is 3. The molecule has 16 atom stereocenters. The summed E-state index contributed by atoms with van der Waals surface area (Å²) in [5.74, 6) is 8.71. The van der Waals surface area contributed by atoms with Crippen LogP contribution in [0.5, 0.6) is 0 Å². The van der Waals surface area contributed by atoms with E-state index in [0.717, 1.165) is 184 Å². The topological polar surface area (TPSA) is 102 Å². The number of morpholine rings is 3. The maximum atomic E-state index is 6.09. The second-order valence-corrected chi connectivity index (χ2v) is 45.2. The fraction of sp³-hybridized carbons (Fsp3) is 0.500. The van der Waals surface area contributed by atoms with E-state index in [-0.39, 0.29) is 504 Å². The number of hydrogen-bond donors (Lipinski definition) is 0. The van der Waals surface area contributed by atoms with Gasteiger partial charge in [0.2, 0.25) is 0 Å². The summed E-state index contributed by atoms with van der Waals surface area (Å²) in [4.78, 5) is 7.17. The number of benzene rings is 7. The third-order valence-corrected chi connectivity index (χ3v) is 32.9. The molecule has 7 aromatic rings. The van der Waals surface area contributed by atoms with Crippen LogP contribution in [0.3, 0.4) is 0 Å². The van der Waals surface area contributed by atoms with Gasteiger partial charge < -0.3 is 62.1 Å². The van der Waals surface area contributed by atoms with E-state index in [1.54, 1.807) is 35.7 Å².